The number of nitrogens with zero attached hydrogens (tertiary/aromatic N) is 2. The van der Waals surface area contributed by atoms with Crippen LogP contribution < -0.4 is 16.0 Å². The summed E-state index contributed by atoms with van der Waals surface area (Å²) in [4.78, 5) is 17.9. The Morgan fingerprint density at radius 1 is 1.19 bits per heavy atom. The lowest BCUT2D eigenvalue weighted by atomic mass is 10.2. The van der Waals surface area contributed by atoms with E-state index in [2.05, 4.69) is 15.2 Å². The molecule has 1 aromatic rings. The molecule has 1 saturated heterocycles. The third-order valence-corrected chi connectivity index (χ3v) is 3.41. The molecule has 0 atom stereocenters. The molecule has 2 heterocycles. The highest BCUT2D eigenvalue weighted by molar-refractivity contribution is 5.85. The number of hydrogen-bond acceptors (Lipinski definition) is 4. The highest BCUT2D eigenvalue weighted by Crippen LogP contribution is 2.17. The van der Waals surface area contributed by atoms with Gasteiger partial charge in [-0.3, -0.25) is 4.79 Å². The van der Waals surface area contributed by atoms with Gasteiger partial charge in [0.15, 0.2) is 0 Å². The normalized spacial score (nSPS) is 14.4. The van der Waals surface area contributed by atoms with Crippen LogP contribution in [0.25, 0.3) is 0 Å². The monoisotopic (exact) mass is 334 g/mol. The maximum absolute atomic E-state index is 11.1. The van der Waals surface area contributed by atoms with Gasteiger partial charge in [-0.05, 0) is 24.5 Å². The van der Waals surface area contributed by atoms with Crippen molar-refractivity contribution in [3.05, 3.63) is 23.9 Å². The molecule has 0 radical (unpaired) electrons. The fourth-order valence-electron chi connectivity index (χ4n) is 2.28. The van der Waals surface area contributed by atoms with Gasteiger partial charge in [0.05, 0.1) is 6.54 Å². The topological polar surface area (TPSA) is 71.2 Å². The highest BCUT2D eigenvalue weighted by atomic mass is 35.5. The third kappa shape index (κ3) is 6.50. The van der Waals surface area contributed by atoms with Crippen molar-refractivity contribution in [1.29, 1.82) is 0 Å². The second-order valence-electron chi connectivity index (χ2n) is 4.91. The molecule has 5 nitrogen and oxygen atoms in total. The Hall–Kier alpha value is -1.04. The van der Waals surface area contributed by atoms with Gasteiger partial charge in [0.25, 0.3) is 0 Å². The maximum atomic E-state index is 11.1. The minimum absolute atomic E-state index is 0. The Morgan fingerprint density at radius 3 is 2.38 bits per heavy atom. The number of hydrogen-bond donors (Lipinski definition) is 2. The van der Waals surface area contributed by atoms with Crippen molar-refractivity contribution in [2.75, 3.05) is 24.5 Å². The van der Waals surface area contributed by atoms with E-state index in [0.717, 1.165) is 24.5 Å². The molecule has 2 rings (SSSR count). The predicted molar refractivity (Wildman–Crippen MR) is 90.3 cm³/mol. The number of nitrogens with one attached hydrogen (secondary N) is 1. The third-order valence-electron chi connectivity index (χ3n) is 3.41. The highest BCUT2D eigenvalue weighted by Gasteiger charge is 2.10. The average Bonchev–Trinajstić information content (AvgIpc) is 2.74. The number of anilines is 1. The molecule has 1 amide bonds. The van der Waals surface area contributed by atoms with Gasteiger partial charge in [-0.15, -0.1) is 24.8 Å². The molecule has 1 aliphatic heterocycles. The molecule has 7 heteroatoms. The van der Waals surface area contributed by atoms with Gasteiger partial charge in [0.1, 0.15) is 5.82 Å². The first-order valence-electron chi connectivity index (χ1n) is 6.96. The summed E-state index contributed by atoms with van der Waals surface area (Å²) in [6, 6.07) is 4.05. The number of carbonyl (C=O) groups excluding carboxylic acids is 1. The molecule has 3 N–H and O–H groups in total. The fourth-order valence-corrected chi connectivity index (χ4v) is 2.28. The number of carbonyl (C=O) groups is 1. The van der Waals surface area contributed by atoms with Crippen LogP contribution in [-0.4, -0.2) is 30.5 Å². The Bertz CT molecular complexity index is 406. The Morgan fingerprint density at radius 2 is 1.86 bits per heavy atom. The smallest absolute Gasteiger partial charge is 0.234 e. The number of aromatic nitrogens is 1. The molecule has 0 bridgehead atoms. The van der Waals surface area contributed by atoms with Gasteiger partial charge in [-0.2, -0.15) is 0 Å². The van der Waals surface area contributed by atoms with E-state index in [4.69, 9.17) is 5.73 Å². The summed E-state index contributed by atoms with van der Waals surface area (Å²) in [5.41, 5.74) is 6.24. The SMILES string of the molecule is Cl.Cl.NCC(=O)NCc1ccc(N2CCCCCC2)nc1. The van der Waals surface area contributed by atoms with E-state index < -0.39 is 0 Å². The number of nitrogens with two attached hydrogens (primary N) is 1. The zero-order valence-corrected chi connectivity index (χ0v) is 13.7. The molecule has 120 valence electrons. The van der Waals surface area contributed by atoms with Crippen molar-refractivity contribution in [2.45, 2.75) is 32.2 Å². The van der Waals surface area contributed by atoms with Gasteiger partial charge in [-0.1, -0.05) is 18.9 Å². The van der Waals surface area contributed by atoms with Gasteiger partial charge in [0.2, 0.25) is 5.91 Å². The van der Waals surface area contributed by atoms with Crippen LogP contribution in [0.3, 0.4) is 0 Å². The Labute approximate surface area is 138 Å². The number of pyridine rings is 1. The van der Waals surface area contributed by atoms with Crippen LogP contribution in [0.1, 0.15) is 31.2 Å². The molecule has 0 unspecified atom stereocenters. The van der Waals surface area contributed by atoms with Crippen molar-refractivity contribution in [1.82, 2.24) is 10.3 Å². The summed E-state index contributed by atoms with van der Waals surface area (Å²) in [5, 5.41) is 2.74. The number of halogens is 2. The summed E-state index contributed by atoms with van der Waals surface area (Å²) >= 11 is 0. The van der Waals surface area contributed by atoms with E-state index >= 15 is 0 Å². The lowest BCUT2D eigenvalue weighted by Gasteiger charge is -2.21. The van der Waals surface area contributed by atoms with Crippen molar-refractivity contribution < 1.29 is 4.79 Å². The van der Waals surface area contributed by atoms with Gasteiger partial charge in [-0.25, -0.2) is 4.98 Å². The van der Waals surface area contributed by atoms with E-state index in [-0.39, 0.29) is 37.3 Å². The first-order chi connectivity index (χ1) is 9.29. The average molecular weight is 335 g/mol. The molecule has 0 spiro atoms. The van der Waals surface area contributed by atoms with Gasteiger partial charge in [0, 0.05) is 25.8 Å². The van der Waals surface area contributed by atoms with Crippen molar-refractivity contribution in [2.24, 2.45) is 5.73 Å². The molecular formula is C14H24Cl2N4O. The van der Waals surface area contributed by atoms with E-state index in [9.17, 15) is 4.79 Å². The zero-order valence-electron chi connectivity index (χ0n) is 12.1. The van der Waals surface area contributed by atoms with Crippen LogP contribution in [0, 0.1) is 0 Å². The van der Waals surface area contributed by atoms with E-state index in [0.29, 0.717) is 6.54 Å². The second kappa shape index (κ2) is 10.7. The predicted octanol–water partition coefficient (Wildman–Crippen LogP) is 1.88. The van der Waals surface area contributed by atoms with Crippen LogP contribution in [0.5, 0.6) is 0 Å². The molecule has 1 aliphatic rings. The molecule has 0 aromatic carbocycles. The van der Waals surface area contributed by atoms with Crippen LogP contribution in [0.15, 0.2) is 18.3 Å². The summed E-state index contributed by atoms with van der Waals surface area (Å²) < 4.78 is 0. The summed E-state index contributed by atoms with van der Waals surface area (Å²) in [6.45, 7) is 2.70. The van der Waals surface area contributed by atoms with Crippen molar-refractivity contribution in [3.8, 4) is 0 Å². The summed E-state index contributed by atoms with van der Waals surface area (Å²) in [5.74, 6) is 0.896. The standard InChI is InChI=1S/C14H22N4O.2ClH/c15-9-14(19)17-11-12-5-6-13(16-10-12)18-7-3-1-2-4-8-18;;/h5-6,10H,1-4,7-9,11,15H2,(H,17,19);2*1H. The molecule has 21 heavy (non-hydrogen) atoms. The quantitative estimate of drug-likeness (QED) is 0.881. The first-order valence-corrected chi connectivity index (χ1v) is 6.96. The Balaban J connectivity index is 0.00000200. The zero-order chi connectivity index (χ0) is 13.5. The van der Waals surface area contributed by atoms with Crippen LogP contribution in [-0.2, 0) is 11.3 Å². The van der Waals surface area contributed by atoms with Crippen LogP contribution >= 0.6 is 24.8 Å². The molecule has 1 aromatic heterocycles. The number of amides is 1. The number of rotatable bonds is 4. The minimum atomic E-state index is -0.142. The molecule has 0 aliphatic carbocycles. The van der Waals surface area contributed by atoms with Crippen molar-refractivity contribution in [3.63, 3.8) is 0 Å². The molecule has 0 saturated carbocycles. The second-order valence-corrected chi connectivity index (χ2v) is 4.91. The molecule has 1 fully saturated rings. The lowest BCUT2D eigenvalue weighted by Crippen LogP contribution is -2.29. The first kappa shape index (κ1) is 20.0. The lowest BCUT2D eigenvalue weighted by molar-refractivity contribution is -0.119. The van der Waals surface area contributed by atoms with Gasteiger partial charge < -0.3 is 16.0 Å². The van der Waals surface area contributed by atoms with E-state index in [1.54, 1.807) is 0 Å². The van der Waals surface area contributed by atoms with Crippen LogP contribution in [0.4, 0.5) is 5.82 Å². The molecular weight excluding hydrogens is 311 g/mol. The summed E-state index contributed by atoms with van der Waals surface area (Å²) in [7, 11) is 0. The van der Waals surface area contributed by atoms with E-state index in [1.807, 2.05) is 18.3 Å². The van der Waals surface area contributed by atoms with Crippen LogP contribution in [0.2, 0.25) is 0 Å². The summed E-state index contributed by atoms with van der Waals surface area (Å²) in [6.07, 6.45) is 6.96. The van der Waals surface area contributed by atoms with E-state index in [1.165, 1.54) is 25.7 Å². The largest absolute Gasteiger partial charge is 0.357 e. The minimum Gasteiger partial charge on any atom is -0.357 e. The Kier molecular flexibility index (Phi) is 10.1. The van der Waals surface area contributed by atoms with Crippen molar-refractivity contribution >= 4 is 36.5 Å². The fraction of sp³-hybridized carbons (Fsp3) is 0.571. The van der Waals surface area contributed by atoms with Gasteiger partial charge >= 0.3 is 0 Å². The maximum Gasteiger partial charge on any atom is 0.234 e.